The third-order valence-electron chi connectivity index (χ3n) is 4.74. The van der Waals surface area contributed by atoms with Crippen LogP contribution in [0.5, 0.6) is 5.75 Å². The molecule has 0 bridgehead atoms. The fourth-order valence-corrected chi connectivity index (χ4v) is 3.32. The molecule has 1 aliphatic rings. The molecule has 2 rings (SSSR count). The Labute approximate surface area is 128 Å². The molecule has 1 aromatic rings. The van der Waals surface area contributed by atoms with Gasteiger partial charge in [0.2, 0.25) is 0 Å². The lowest BCUT2D eigenvalue weighted by molar-refractivity contribution is 0.0300. The summed E-state index contributed by atoms with van der Waals surface area (Å²) >= 11 is 0. The molecule has 0 radical (unpaired) electrons. The molecule has 0 aromatic heterocycles. The van der Waals surface area contributed by atoms with E-state index < -0.39 is 0 Å². The minimum absolute atomic E-state index is 0.361. The number of piperidine rings is 1. The maximum Gasteiger partial charge on any atom is 0.115 e. The first-order valence-electron chi connectivity index (χ1n) is 8.24. The second-order valence-electron chi connectivity index (χ2n) is 6.31. The van der Waals surface area contributed by atoms with E-state index in [1.807, 2.05) is 12.1 Å². The molecule has 3 nitrogen and oxygen atoms in total. The number of hydrogen-bond acceptors (Lipinski definition) is 3. The number of phenolic OH excluding ortho intramolecular Hbond substituents is 1. The predicted molar refractivity (Wildman–Crippen MR) is 86.5 cm³/mol. The van der Waals surface area contributed by atoms with Crippen molar-refractivity contribution < 1.29 is 9.84 Å². The highest BCUT2D eigenvalue weighted by Crippen LogP contribution is 2.39. The molecule has 1 saturated heterocycles. The number of likely N-dealkylation sites (tertiary alicyclic amines) is 1. The Kier molecular flexibility index (Phi) is 6.07. The van der Waals surface area contributed by atoms with E-state index in [9.17, 15) is 5.11 Å². The highest BCUT2D eigenvalue weighted by atomic mass is 16.5. The number of rotatable bonds is 6. The lowest BCUT2D eigenvalue weighted by atomic mass is 9.79. The molecule has 0 aliphatic carbocycles. The molecule has 1 unspecified atom stereocenters. The summed E-state index contributed by atoms with van der Waals surface area (Å²) in [5.74, 6) is 1.66. The van der Waals surface area contributed by atoms with Crippen molar-refractivity contribution >= 4 is 0 Å². The predicted octanol–water partition coefficient (Wildman–Crippen LogP) is 3.84. The second kappa shape index (κ2) is 7.81. The molecule has 1 aliphatic heterocycles. The minimum atomic E-state index is 0.361. The number of nitrogens with zero attached hydrogens (tertiary/aromatic N) is 1. The molecular weight excluding hydrogens is 262 g/mol. The molecule has 0 amide bonds. The maximum atomic E-state index is 9.78. The van der Waals surface area contributed by atoms with Crippen LogP contribution in [0.15, 0.2) is 24.3 Å². The zero-order chi connectivity index (χ0) is 15.2. The Morgan fingerprint density at radius 3 is 2.81 bits per heavy atom. The SMILES string of the molecule is CCCOCCN1CC[C@H](C)[C@@H](C)C1c1cccc(O)c1. The van der Waals surface area contributed by atoms with Gasteiger partial charge in [0, 0.05) is 19.2 Å². The molecule has 0 spiro atoms. The highest BCUT2D eigenvalue weighted by molar-refractivity contribution is 5.30. The Hall–Kier alpha value is -1.06. The van der Waals surface area contributed by atoms with Crippen molar-refractivity contribution in [2.45, 2.75) is 39.7 Å². The standard InChI is InChI=1S/C18H29NO2/c1-4-11-21-12-10-19-9-8-14(2)15(3)18(19)16-6-5-7-17(20)13-16/h5-7,13-15,18,20H,4,8-12H2,1-3H3/t14-,15+,18?/m0/s1. The summed E-state index contributed by atoms with van der Waals surface area (Å²) in [6, 6.07) is 8.13. The van der Waals surface area contributed by atoms with Crippen LogP contribution in [0.4, 0.5) is 0 Å². The number of ether oxygens (including phenoxy) is 1. The van der Waals surface area contributed by atoms with Crippen LogP contribution < -0.4 is 0 Å². The van der Waals surface area contributed by atoms with Gasteiger partial charge in [-0.2, -0.15) is 0 Å². The fourth-order valence-electron chi connectivity index (χ4n) is 3.32. The first-order chi connectivity index (χ1) is 10.1. The van der Waals surface area contributed by atoms with Gasteiger partial charge >= 0.3 is 0 Å². The first-order valence-corrected chi connectivity index (χ1v) is 8.24. The van der Waals surface area contributed by atoms with Crippen LogP contribution in [0.25, 0.3) is 0 Å². The molecule has 3 heteroatoms. The van der Waals surface area contributed by atoms with E-state index in [-0.39, 0.29) is 0 Å². The van der Waals surface area contributed by atoms with Gasteiger partial charge in [-0.05, 0) is 48.9 Å². The molecule has 118 valence electrons. The molecule has 1 N–H and O–H groups in total. The highest BCUT2D eigenvalue weighted by Gasteiger charge is 2.33. The maximum absolute atomic E-state index is 9.78. The first kappa shape index (κ1) is 16.3. The van der Waals surface area contributed by atoms with Gasteiger partial charge in [0.25, 0.3) is 0 Å². The largest absolute Gasteiger partial charge is 0.508 e. The Bertz CT molecular complexity index is 435. The van der Waals surface area contributed by atoms with Crippen molar-refractivity contribution in [1.82, 2.24) is 4.90 Å². The van der Waals surface area contributed by atoms with Crippen LogP contribution in [0, 0.1) is 11.8 Å². The summed E-state index contributed by atoms with van der Waals surface area (Å²) in [6.45, 7) is 10.5. The average molecular weight is 291 g/mol. The third kappa shape index (κ3) is 4.21. The van der Waals surface area contributed by atoms with E-state index in [2.05, 4.69) is 31.7 Å². The molecular formula is C18H29NO2. The van der Waals surface area contributed by atoms with E-state index >= 15 is 0 Å². The van der Waals surface area contributed by atoms with Crippen molar-refractivity contribution in [2.24, 2.45) is 11.8 Å². The van der Waals surface area contributed by atoms with Gasteiger partial charge in [-0.25, -0.2) is 0 Å². The van der Waals surface area contributed by atoms with Crippen LogP contribution in [-0.4, -0.2) is 36.3 Å². The number of aromatic hydroxyl groups is 1. The van der Waals surface area contributed by atoms with E-state index in [4.69, 9.17) is 4.74 Å². The zero-order valence-corrected chi connectivity index (χ0v) is 13.6. The van der Waals surface area contributed by atoms with Gasteiger partial charge in [-0.15, -0.1) is 0 Å². The van der Waals surface area contributed by atoms with Crippen LogP contribution in [-0.2, 0) is 4.74 Å². The smallest absolute Gasteiger partial charge is 0.115 e. The van der Waals surface area contributed by atoms with Crippen LogP contribution in [0.1, 0.15) is 45.2 Å². The van der Waals surface area contributed by atoms with Gasteiger partial charge in [-0.1, -0.05) is 32.9 Å². The molecule has 21 heavy (non-hydrogen) atoms. The summed E-state index contributed by atoms with van der Waals surface area (Å²) in [5, 5.41) is 9.78. The molecule has 0 saturated carbocycles. The van der Waals surface area contributed by atoms with E-state index in [1.54, 1.807) is 6.07 Å². The quantitative estimate of drug-likeness (QED) is 0.808. The third-order valence-corrected chi connectivity index (χ3v) is 4.74. The number of phenols is 1. The number of hydrogen-bond donors (Lipinski definition) is 1. The molecule has 1 fully saturated rings. The summed E-state index contributed by atoms with van der Waals surface area (Å²) in [5.41, 5.74) is 1.23. The van der Waals surface area contributed by atoms with Crippen LogP contribution in [0.3, 0.4) is 0 Å². The second-order valence-corrected chi connectivity index (χ2v) is 6.31. The van der Waals surface area contributed by atoms with Crippen LogP contribution >= 0.6 is 0 Å². The van der Waals surface area contributed by atoms with E-state index in [1.165, 1.54) is 12.0 Å². The Morgan fingerprint density at radius 1 is 1.29 bits per heavy atom. The van der Waals surface area contributed by atoms with Crippen LogP contribution in [0.2, 0.25) is 0 Å². The normalized spacial score (nSPS) is 26.9. The van der Waals surface area contributed by atoms with Gasteiger partial charge in [-0.3, -0.25) is 4.90 Å². The number of benzene rings is 1. The van der Waals surface area contributed by atoms with Gasteiger partial charge in [0.1, 0.15) is 5.75 Å². The Morgan fingerprint density at radius 2 is 2.10 bits per heavy atom. The average Bonchev–Trinajstić information content (AvgIpc) is 2.47. The van der Waals surface area contributed by atoms with Crippen molar-refractivity contribution in [1.29, 1.82) is 0 Å². The fraction of sp³-hybridized carbons (Fsp3) is 0.667. The van der Waals surface area contributed by atoms with Crippen molar-refractivity contribution in [2.75, 3.05) is 26.3 Å². The summed E-state index contributed by atoms with van der Waals surface area (Å²) in [4.78, 5) is 2.52. The van der Waals surface area contributed by atoms with Crippen molar-refractivity contribution in [3.05, 3.63) is 29.8 Å². The molecule has 1 heterocycles. The van der Waals surface area contributed by atoms with Gasteiger partial charge < -0.3 is 9.84 Å². The molecule has 1 aromatic carbocycles. The van der Waals surface area contributed by atoms with Crippen molar-refractivity contribution in [3.8, 4) is 5.75 Å². The summed E-state index contributed by atoms with van der Waals surface area (Å²) < 4.78 is 5.66. The summed E-state index contributed by atoms with van der Waals surface area (Å²) in [7, 11) is 0. The monoisotopic (exact) mass is 291 g/mol. The zero-order valence-electron chi connectivity index (χ0n) is 13.6. The topological polar surface area (TPSA) is 32.7 Å². The summed E-state index contributed by atoms with van der Waals surface area (Å²) in [6.07, 6.45) is 2.31. The lowest BCUT2D eigenvalue weighted by Crippen LogP contribution is -2.43. The molecule has 3 atom stereocenters. The van der Waals surface area contributed by atoms with E-state index in [0.717, 1.165) is 32.7 Å². The Balaban J connectivity index is 2.09. The minimum Gasteiger partial charge on any atom is -0.508 e. The van der Waals surface area contributed by atoms with Gasteiger partial charge in [0.15, 0.2) is 0 Å². The van der Waals surface area contributed by atoms with E-state index in [0.29, 0.717) is 23.6 Å². The lowest BCUT2D eigenvalue weighted by Gasteiger charge is -2.43. The van der Waals surface area contributed by atoms with Gasteiger partial charge in [0.05, 0.1) is 6.61 Å². The van der Waals surface area contributed by atoms with Crippen molar-refractivity contribution in [3.63, 3.8) is 0 Å².